The molecule has 1 heterocycles. The van der Waals surface area contributed by atoms with Crippen LogP contribution >= 0.6 is 11.6 Å². The van der Waals surface area contributed by atoms with Gasteiger partial charge in [-0.2, -0.15) is 0 Å². The van der Waals surface area contributed by atoms with Crippen LogP contribution in [0.4, 0.5) is 11.4 Å². The van der Waals surface area contributed by atoms with E-state index in [1.807, 2.05) is 39.8 Å². The molecule has 1 aliphatic carbocycles. The summed E-state index contributed by atoms with van der Waals surface area (Å²) in [6.45, 7) is 7.82. The summed E-state index contributed by atoms with van der Waals surface area (Å²) in [5.74, 6) is -1.10. The van der Waals surface area contributed by atoms with Crippen LogP contribution in [0.1, 0.15) is 64.7 Å². The number of nitrogens with zero attached hydrogens (tertiary/aromatic N) is 1. The molecule has 2 aromatic carbocycles. The molecule has 4 rings (SSSR count). The molecule has 0 spiro atoms. The third-order valence-corrected chi connectivity index (χ3v) is 7.02. The number of carbonyl (C=O) groups excluding carboxylic acids is 3. The Bertz CT molecular complexity index is 1190. The Kier molecular flexibility index (Phi) is 6.80. The predicted octanol–water partition coefficient (Wildman–Crippen LogP) is 5.74. The van der Waals surface area contributed by atoms with E-state index in [4.69, 9.17) is 11.6 Å². The Morgan fingerprint density at radius 3 is 2.21 bits per heavy atom. The van der Waals surface area contributed by atoms with Gasteiger partial charge in [0.15, 0.2) is 0 Å². The monoisotopic (exact) mass is 479 g/mol. The van der Waals surface area contributed by atoms with Crippen molar-refractivity contribution in [1.29, 1.82) is 0 Å². The lowest BCUT2D eigenvalue weighted by Crippen LogP contribution is -2.42. The molecular formula is C27H30ClN3O3. The molecule has 0 aromatic heterocycles. The number of carbonyl (C=O) groups is 3. The van der Waals surface area contributed by atoms with Crippen molar-refractivity contribution in [3.63, 3.8) is 0 Å². The highest BCUT2D eigenvalue weighted by Gasteiger charge is 2.42. The predicted molar refractivity (Wildman–Crippen MR) is 135 cm³/mol. The summed E-state index contributed by atoms with van der Waals surface area (Å²) in [7, 11) is 0. The third kappa shape index (κ3) is 4.60. The van der Waals surface area contributed by atoms with E-state index >= 15 is 0 Å². The first-order valence-corrected chi connectivity index (χ1v) is 12.1. The Morgan fingerprint density at radius 2 is 1.56 bits per heavy atom. The molecule has 0 bridgehead atoms. The Balaban J connectivity index is 1.56. The molecular weight excluding hydrogens is 450 g/mol. The summed E-state index contributed by atoms with van der Waals surface area (Å²) in [5, 5.41) is 5.95. The van der Waals surface area contributed by atoms with Gasteiger partial charge in [0.1, 0.15) is 10.7 Å². The van der Waals surface area contributed by atoms with Crippen molar-refractivity contribution in [3.8, 4) is 0 Å². The van der Waals surface area contributed by atoms with E-state index in [1.54, 1.807) is 18.2 Å². The van der Waals surface area contributed by atoms with Gasteiger partial charge >= 0.3 is 0 Å². The fourth-order valence-corrected chi connectivity index (χ4v) is 5.11. The zero-order valence-corrected chi connectivity index (χ0v) is 20.8. The van der Waals surface area contributed by atoms with Crippen LogP contribution in [0.3, 0.4) is 0 Å². The van der Waals surface area contributed by atoms with Crippen LogP contribution in [-0.2, 0) is 9.59 Å². The molecule has 6 nitrogen and oxygen atoms in total. The van der Waals surface area contributed by atoms with Crippen molar-refractivity contribution >= 4 is 40.7 Å². The first kappa shape index (κ1) is 24.0. The molecule has 0 unspecified atom stereocenters. The molecule has 34 heavy (non-hydrogen) atoms. The Labute approximate surface area is 205 Å². The highest BCUT2D eigenvalue weighted by Crippen LogP contribution is 2.33. The molecule has 2 aromatic rings. The number of hydrogen-bond donors (Lipinski definition) is 2. The van der Waals surface area contributed by atoms with E-state index in [9.17, 15) is 14.4 Å². The van der Waals surface area contributed by atoms with E-state index in [1.165, 1.54) is 4.90 Å². The third-order valence-electron chi connectivity index (χ3n) is 6.67. The molecule has 2 aliphatic rings. The summed E-state index contributed by atoms with van der Waals surface area (Å²) in [6, 6.07) is 9.17. The second-order valence-corrected chi connectivity index (χ2v) is 9.72. The number of aryl methyl sites for hydroxylation is 4. The first-order chi connectivity index (χ1) is 16.2. The number of imide groups is 1. The smallest absolute Gasteiger partial charge is 0.279 e. The van der Waals surface area contributed by atoms with Crippen LogP contribution in [0.15, 0.2) is 41.1 Å². The fraction of sp³-hybridized carbons (Fsp3) is 0.370. The van der Waals surface area contributed by atoms with E-state index in [0.29, 0.717) is 11.3 Å². The van der Waals surface area contributed by atoms with Gasteiger partial charge in [0.25, 0.3) is 17.7 Å². The van der Waals surface area contributed by atoms with Crippen molar-refractivity contribution in [2.24, 2.45) is 0 Å². The highest BCUT2D eigenvalue weighted by atomic mass is 35.5. The van der Waals surface area contributed by atoms with Gasteiger partial charge in [0.2, 0.25) is 0 Å². The number of halogens is 1. The lowest BCUT2D eigenvalue weighted by atomic mass is 9.94. The zero-order valence-electron chi connectivity index (χ0n) is 20.0. The van der Waals surface area contributed by atoms with Gasteiger partial charge in [-0.25, -0.2) is 0 Å². The van der Waals surface area contributed by atoms with Crippen molar-refractivity contribution < 1.29 is 14.4 Å². The van der Waals surface area contributed by atoms with Crippen LogP contribution in [0, 0.1) is 27.7 Å². The average Bonchev–Trinajstić information content (AvgIpc) is 3.01. The normalized spacial score (nSPS) is 16.9. The van der Waals surface area contributed by atoms with E-state index in [-0.39, 0.29) is 22.7 Å². The molecule has 0 radical (unpaired) electrons. The maximum atomic E-state index is 13.1. The summed E-state index contributed by atoms with van der Waals surface area (Å²) in [5.41, 5.74) is 5.80. The molecule has 1 fully saturated rings. The van der Waals surface area contributed by atoms with Gasteiger partial charge in [-0.05, 0) is 69.4 Å². The zero-order chi connectivity index (χ0) is 24.6. The molecule has 0 saturated heterocycles. The van der Waals surface area contributed by atoms with Crippen LogP contribution in [-0.4, -0.2) is 28.7 Å². The highest BCUT2D eigenvalue weighted by molar-refractivity contribution is 6.48. The Hall–Kier alpha value is -3.12. The largest absolute Gasteiger partial charge is 0.349 e. The molecule has 178 valence electrons. The summed E-state index contributed by atoms with van der Waals surface area (Å²) in [6.07, 6.45) is 4.73. The Morgan fingerprint density at radius 1 is 0.912 bits per heavy atom. The van der Waals surface area contributed by atoms with Gasteiger partial charge in [-0.15, -0.1) is 0 Å². The molecule has 2 N–H and O–H groups in total. The number of hydrogen-bond acceptors (Lipinski definition) is 4. The van der Waals surface area contributed by atoms with Crippen LogP contribution < -0.4 is 10.6 Å². The van der Waals surface area contributed by atoms with Crippen LogP contribution in [0.25, 0.3) is 0 Å². The number of amides is 3. The minimum absolute atomic E-state index is 0.0723. The SMILES string of the molecule is Cc1cc(C)c(NC(=O)c2ccc(C)c(NC3=C(Cl)C(=O)N(C4CCCCC4)C3=O)c2)c(C)c1. The van der Waals surface area contributed by atoms with Gasteiger partial charge in [-0.1, -0.05) is 54.6 Å². The molecule has 1 saturated carbocycles. The molecule has 7 heteroatoms. The van der Waals surface area contributed by atoms with Crippen molar-refractivity contribution in [2.45, 2.75) is 65.8 Å². The average molecular weight is 480 g/mol. The molecule has 3 amide bonds. The molecule has 0 atom stereocenters. The molecule has 1 aliphatic heterocycles. The minimum Gasteiger partial charge on any atom is -0.349 e. The second-order valence-electron chi connectivity index (χ2n) is 9.34. The van der Waals surface area contributed by atoms with Crippen LogP contribution in [0.2, 0.25) is 0 Å². The number of anilines is 2. The summed E-state index contributed by atoms with van der Waals surface area (Å²) in [4.78, 5) is 40.2. The summed E-state index contributed by atoms with van der Waals surface area (Å²) >= 11 is 6.32. The maximum Gasteiger partial charge on any atom is 0.279 e. The number of rotatable bonds is 5. The van der Waals surface area contributed by atoms with Gasteiger partial charge in [0, 0.05) is 23.0 Å². The maximum absolute atomic E-state index is 13.1. The lowest BCUT2D eigenvalue weighted by Gasteiger charge is -2.29. The van der Waals surface area contributed by atoms with Crippen molar-refractivity contribution in [2.75, 3.05) is 10.6 Å². The van der Waals surface area contributed by atoms with Crippen molar-refractivity contribution in [3.05, 3.63) is 68.9 Å². The van der Waals surface area contributed by atoms with Gasteiger partial charge in [-0.3, -0.25) is 19.3 Å². The van der Waals surface area contributed by atoms with Gasteiger partial charge < -0.3 is 10.6 Å². The standard InChI is InChI=1S/C27H30ClN3O3/c1-15-12-17(3)23(18(4)13-15)30-25(32)19-11-10-16(2)21(14-19)29-24-22(28)26(33)31(27(24)34)20-8-6-5-7-9-20/h10-14,20,29H,5-9H2,1-4H3,(H,30,32). The van der Waals surface area contributed by atoms with Crippen LogP contribution in [0.5, 0.6) is 0 Å². The number of benzene rings is 2. The van der Waals surface area contributed by atoms with E-state index < -0.39 is 11.8 Å². The van der Waals surface area contributed by atoms with Crippen molar-refractivity contribution in [1.82, 2.24) is 4.90 Å². The number of nitrogens with one attached hydrogen (secondary N) is 2. The summed E-state index contributed by atoms with van der Waals surface area (Å²) < 4.78 is 0. The second kappa shape index (κ2) is 9.63. The minimum atomic E-state index is -0.446. The van der Waals surface area contributed by atoms with Gasteiger partial charge in [0.05, 0.1) is 0 Å². The fourth-order valence-electron chi connectivity index (χ4n) is 4.89. The van der Waals surface area contributed by atoms with E-state index in [0.717, 1.165) is 60.0 Å². The topological polar surface area (TPSA) is 78.5 Å². The quantitative estimate of drug-likeness (QED) is 0.536. The first-order valence-electron chi connectivity index (χ1n) is 11.7. The van der Waals surface area contributed by atoms with E-state index in [2.05, 4.69) is 10.6 Å². The lowest BCUT2D eigenvalue weighted by molar-refractivity contribution is -0.140.